The zero-order chi connectivity index (χ0) is 18.0. The summed E-state index contributed by atoms with van der Waals surface area (Å²) in [5.41, 5.74) is 2.90. The second-order valence-corrected chi connectivity index (χ2v) is 7.50. The van der Waals surface area contributed by atoms with Crippen molar-refractivity contribution < 1.29 is 13.9 Å². The topological polar surface area (TPSA) is 34.6 Å². The van der Waals surface area contributed by atoms with E-state index in [1.54, 1.807) is 12.1 Å². The van der Waals surface area contributed by atoms with Crippen molar-refractivity contribution in [3.8, 4) is 0 Å². The number of aryl methyl sites for hydroxylation is 1. The second kappa shape index (κ2) is 7.43. The van der Waals surface area contributed by atoms with Crippen LogP contribution in [0, 0.1) is 12.7 Å². The summed E-state index contributed by atoms with van der Waals surface area (Å²) in [6, 6.07) is 12.8. The minimum atomic E-state index is -0.176. The molecule has 0 aliphatic carbocycles. The monoisotopic (exact) mass is 356 g/mol. The van der Waals surface area contributed by atoms with Gasteiger partial charge in [0, 0.05) is 38.4 Å². The van der Waals surface area contributed by atoms with Gasteiger partial charge in [-0.3, -0.25) is 9.88 Å². The van der Waals surface area contributed by atoms with Gasteiger partial charge in [0.1, 0.15) is 5.82 Å². The van der Waals surface area contributed by atoms with Gasteiger partial charge in [-0.2, -0.15) is 0 Å². The van der Waals surface area contributed by atoms with Gasteiger partial charge in [0.15, 0.2) is 0 Å². The molecule has 0 unspecified atom stereocenters. The molecule has 2 aromatic rings. The second-order valence-electron chi connectivity index (χ2n) is 7.50. The molecule has 1 aromatic heterocycles. The number of likely N-dealkylation sites (tertiary alicyclic amines) is 1. The van der Waals surface area contributed by atoms with E-state index < -0.39 is 0 Å². The van der Waals surface area contributed by atoms with Gasteiger partial charge in [-0.25, -0.2) is 4.39 Å². The minimum Gasteiger partial charge on any atom is -0.372 e. The lowest BCUT2D eigenvalue weighted by atomic mass is 9.84. The first-order valence-electron chi connectivity index (χ1n) is 9.25. The van der Waals surface area contributed by atoms with Gasteiger partial charge < -0.3 is 9.47 Å². The molecule has 0 radical (unpaired) electrons. The molecule has 2 aliphatic heterocycles. The number of halogens is 1. The Hall–Kier alpha value is -1.82. The fourth-order valence-electron chi connectivity index (χ4n) is 4.00. The Morgan fingerprint density at radius 1 is 1.27 bits per heavy atom. The van der Waals surface area contributed by atoms with Crippen LogP contribution in [0.5, 0.6) is 0 Å². The molecule has 0 bridgehead atoms. The summed E-state index contributed by atoms with van der Waals surface area (Å²) in [6.07, 6.45) is 2.05. The Morgan fingerprint density at radius 3 is 2.92 bits per heavy atom. The first-order valence-corrected chi connectivity index (χ1v) is 9.25. The average molecular weight is 356 g/mol. The first kappa shape index (κ1) is 17.6. The molecular weight excluding hydrogens is 331 g/mol. The average Bonchev–Trinajstić information content (AvgIpc) is 2.59. The Bertz CT molecular complexity index is 761. The van der Waals surface area contributed by atoms with Crippen LogP contribution >= 0.6 is 0 Å². The lowest BCUT2D eigenvalue weighted by molar-refractivity contribution is -0.200. The molecule has 138 valence electrons. The van der Waals surface area contributed by atoms with Crippen LogP contribution in [-0.2, 0) is 22.6 Å². The summed E-state index contributed by atoms with van der Waals surface area (Å²) in [5, 5.41) is 0. The third-order valence-electron chi connectivity index (χ3n) is 5.18. The first-order chi connectivity index (χ1) is 12.6. The van der Waals surface area contributed by atoms with Gasteiger partial charge in [0.2, 0.25) is 0 Å². The highest BCUT2D eigenvalue weighted by Crippen LogP contribution is 2.36. The van der Waals surface area contributed by atoms with Gasteiger partial charge in [-0.15, -0.1) is 0 Å². The van der Waals surface area contributed by atoms with E-state index in [9.17, 15) is 4.39 Å². The van der Waals surface area contributed by atoms with Gasteiger partial charge in [0.05, 0.1) is 24.0 Å². The van der Waals surface area contributed by atoms with Crippen molar-refractivity contribution in [3.63, 3.8) is 0 Å². The number of aromatic nitrogens is 1. The van der Waals surface area contributed by atoms with Crippen LogP contribution in [0.3, 0.4) is 0 Å². The molecule has 0 saturated carbocycles. The van der Waals surface area contributed by atoms with Crippen LogP contribution in [0.2, 0.25) is 0 Å². The summed E-state index contributed by atoms with van der Waals surface area (Å²) in [4.78, 5) is 6.80. The summed E-state index contributed by atoms with van der Waals surface area (Å²) in [6.45, 7) is 5.81. The van der Waals surface area contributed by atoms with Crippen molar-refractivity contribution >= 4 is 0 Å². The minimum absolute atomic E-state index is 0.101. The van der Waals surface area contributed by atoms with E-state index in [0.717, 1.165) is 56.0 Å². The predicted octanol–water partition coefficient (Wildman–Crippen LogP) is 3.48. The molecule has 3 heterocycles. The Labute approximate surface area is 153 Å². The number of rotatable bonds is 5. The fourth-order valence-corrected chi connectivity index (χ4v) is 4.00. The highest BCUT2D eigenvalue weighted by molar-refractivity contribution is 5.17. The van der Waals surface area contributed by atoms with Crippen molar-refractivity contribution in [3.05, 3.63) is 65.2 Å². The number of ether oxygens (including phenoxy) is 2. The lowest BCUT2D eigenvalue weighted by Crippen LogP contribution is -2.65. The van der Waals surface area contributed by atoms with Crippen molar-refractivity contribution in [2.75, 3.05) is 19.7 Å². The van der Waals surface area contributed by atoms with Crippen molar-refractivity contribution in [2.45, 2.75) is 44.6 Å². The van der Waals surface area contributed by atoms with Crippen LogP contribution < -0.4 is 0 Å². The maximum Gasteiger partial charge on any atom is 0.123 e. The molecular formula is C21H25FN2O2. The highest BCUT2D eigenvalue weighted by atomic mass is 19.1. The molecule has 4 nitrogen and oxygen atoms in total. The van der Waals surface area contributed by atoms with Gasteiger partial charge in [-0.1, -0.05) is 18.2 Å². The van der Waals surface area contributed by atoms with E-state index in [1.165, 1.54) is 6.07 Å². The molecule has 0 amide bonds. The van der Waals surface area contributed by atoms with E-state index in [2.05, 4.69) is 9.88 Å². The van der Waals surface area contributed by atoms with Crippen LogP contribution in [0.1, 0.15) is 29.8 Å². The smallest absolute Gasteiger partial charge is 0.123 e. The normalized spacial score (nSPS) is 22.3. The maximum absolute atomic E-state index is 13.3. The van der Waals surface area contributed by atoms with Crippen molar-refractivity contribution in [1.82, 2.24) is 9.88 Å². The van der Waals surface area contributed by atoms with Gasteiger partial charge in [-0.05, 0) is 43.2 Å². The molecule has 0 N–H and O–H groups in total. The number of nitrogens with zero attached hydrogens (tertiary/aromatic N) is 2. The van der Waals surface area contributed by atoms with Crippen molar-refractivity contribution in [1.29, 1.82) is 0 Å². The van der Waals surface area contributed by atoms with Crippen LogP contribution in [0.4, 0.5) is 4.39 Å². The Morgan fingerprint density at radius 2 is 2.12 bits per heavy atom. The SMILES string of the molecule is Cc1cccc(CO[C@H]2CCOC3(C2)CN(Cc2cccc(F)c2)C3)n1. The molecule has 2 saturated heterocycles. The number of benzene rings is 1. The third-order valence-corrected chi connectivity index (χ3v) is 5.18. The number of hydrogen-bond donors (Lipinski definition) is 0. The summed E-state index contributed by atoms with van der Waals surface area (Å²) in [5.74, 6) is -0.176. The summed E-state index contributed by atoms with van der Waals surface area (Å²) < 4.78 is 25.5. The van der Waals surface area contributed by atoms with E-state index >= 15 is 0 Å². The van der Waals surface area contributed by atoms with Crippen LogP contribution in [0.25, 0.3) is 0 Å². The molecule has 26 heavy (non-hydrogen) atoms. The van der Waals surface area contributed by atoms with E-state index in [0.29, 0.717) is 6.61 Å². The van der Waals surface area contributed by atoms with Gasteiger partial charge in [0.25, 0.3) is 0 Å². The molecule has 1 atom stereocenters. The molecule has 1 aromatic carbocycles. The van der Waals surface area contributed by atoms with Crippen molar-refractivity contribution in [2.24, 2.45) is 0 Å². The summed E-state index contributed by atoms with van der Waals surface area (Å²) >= 11 is 0. The molecule has 5 heteroatoms. The van der Waals surface area contributed by atoms with Crippen LogP contribution in [-0.4, -0.2) is 41.3 Å². The highest BCUT2D eigenvalue weighted by Gasteiger charge is 2.47. The van der Waals surface area contributed by atoms with E-state index in [1.807, 2.05) is 31.2 Å². The Balaban J connectivity index is 1.28. The zero-order valence-electron chi connectivity index (χ0n) is 15.2. The standard InChI is InChI=1S/C21H25FN2O2/c1-16-4-2-7-19(23-16)13-25-20-8-9-26-21(11-20)14-24(15-21)12-17-5-3-6-18(22)10-17/h2-7,10,20H,8-9,11-15H2,1H3/t20-/m0/s1. The fraction of sp³-hybridized carbons (Fsp3) is 0.476. The maximum atomic E-state index is 13.3. The Kier molecular flexibility index (Phi) is 5.02. The third kappa shape index (κ3) is 4.11. The molecule has 2 fully saturated rings. The number of pyridine rings is 1. The predicted molar refractivity (Wildman–Crippen MR) is 97.1 cm³/mol. The lowest BCUT2D eigenvalue weighted by Gasteiger charge is -2.53. The quantitative estimate of drug-likeness (QED) is 0.822. The summed E-state index contributed by atoms with van der Waals surface area (Å²) in [7, 11) is 0. The van der Waals surface area contributed by atoms with E-state index in [4.69, 9.17) is 9.47 Å². The number of hydrogen-bond acceptors (Lipinski definition) is 4. The largest absolute Gasteiger partial charge is 0.372 e. The van der Waals surface area contributed by atoms with E-state index in [-0.39, 0.29) is 17.5 Å². The molecule has 1 spiro atoms. The zero-order valence-corrected chi connectivity index (χ0v) is 15.2. The molecule has 4 rings (SSSR count). The van der Waals surface area contributed by atoms with Crippen LogP contribution in [0.15, 0.2) is 42.5 Å². The molecule has 2 aliphatic rings. The van der Waals surface area contributed by atoms with Gasteiger partial charge >= 0.3 is 0 Å².